The van der Waals surface area contributed by atoms with Gasteiger partial charge in [0.15, 0.2) is 5.69 Å². The van der Waals surface area contributed by atoms with Crippen LogP contribution in [0.15, 0.2) is 43.1 Å². The predicted molar refractivity (Wildman–Crippen MR) is 94.4 cm³/mol. The number of nitrogens with two attached hydrogens (primary N) is 1. The van der Waals surface area contributed by atoms with Crippen LogP contribution in [0.1, 0.15) is 27.7 Å². The second-order valence-electron chi connectivity index (χ2n) is 6.51. The maximum atomic E-state index is 12.7. The lowest BCUT2D eigenvalue weighted by atomic mass is 10.1. The number of halogens is 3. The fourth-order valence-corrected chi connectivity index (χ4v) is 3.03. The fourth-order valence-electron chi connectivity index (χ4n) is 3.03. The Bertz CT molecular complexity index is 910. The molecule has 2 aromatic rings. The Morgan fingerprint density at radius 3 is 2.52 bits per heavy atom. The largest absolute Gasteiger partial charge is 0.416 e. The van der Waals surface area contributed by atoms with Crippen molar-refractivity contribution in [1.29, 1.82) is 0 Å². The molecule has 1 aromatic heterocycles. The Morgan fingerprint density at radius 2 is 1.97 bits per heavy atom. The molecule has 3 rings (SSSR count). The van der Waals surface area contributed by atoms with Gasteiger partial charge in [-0.2, -0.15) is 13.2 Å². The Balaban J connectivity index is 1.74. The molecule has 2 heterocycles. The van der Waals surface area contributed by atoms with E-state index in [-0.39, 0.29) is 31.3 Å². The first-order chi connectivity index (χ1) is 13.7. The highest BCUT2D eigenvalue weighted by molar-refractivity contribution is 5.90. The van der Waals surface area contributed by atoms with Crippen LogP contribution in [0.4, 0.5) is 13.2 Å². The van der Waals surface area contributed by atoms with Gasteiger partial charge in [-0.3, -0.25) is 9.59 Å². The summed E-state index contributed by atoms with van der Waals surface area (Å²) in [5, 5.41) is 7.57. The third-order valence-electron chi connectivity index (χ3n) is 4.57. The topological polar surface area (TPSA) is 103 Å². The monoisotopic (exact) mass is 409 g/mol. The molecule has 11 heteroatoms. The van der Waals surface area contributed by atoms with Crippen LogP contribution in [-0.4, -0.2) is 50.9 Å². The molecule has 0 aliphatic carbocycles. The molecule has 0 spiro atoms. The quantitative estimate of drug-likeness (QED) is 0.730. The van der Waals surface area contributed by atoms with E-state index in [0.717, 1.165) is 12.1 Å². The normalized spacial score (nSPS) is 19.3. The van der Waals surface area contributed by atoms with Crippen molar-refractivity contribution in [2.24, 2.45) is 5.73 Å². The summed E-state index contributed by atoms with van der Waals surface area (Å²) in [4.78, 5) is 24.7. The molecule has 1 aromatic carbocycles. The first-order valence-electron chi connectivity index (χ1n) is 8.59. The van der Waals surface area contributed by atoms with E-state index < -0.39 is 29.8 Å². The predicted octanol–water partition coefficient (Wildman–Crippen LogP) is 1.55. The SMILES string of the molecule is C=CC(=O)N1C[C@@H](n2cc(C(N)=O)nn2)[C@H](OCc2ccc(C(F)(F)F)cc2)C1. The highest BCUT2D eigenvalue weighted by Gasteiger charge is 2.37. The highest BCUT2D eigenvalue weighted by Crippen LogP contribution is 2.30. The number of likely N-dealkylation sites (tertiary alicyclic amines) is 1. The van der Waals surface area contributed by atoms with Crippen LogP contribution in [-0.2, 0) is 22.3 Å². The van der Waals surface area contributed by atoms with Gasteiger partial charge in [0.1, 0.15) is 0 Å². The summed E-state index contributed by atoms with van der Waals surface area (Å²) < 4.78 is 45.3. The van der Waals surface area contributed by atoms with E-state index >= 15 is 0 Å². The van der Waals surface area contributed by atoms with Gasteiger partial charge in [0.25, 0.3) is 5.91 Å². The summed E-state index contributed by atoms with van der Waals surface area (Å²) in [6.07, 6.45) is -2.40. The molecule has 1 aliphatic heterocycles. The highest BCUT2D eigenvalue weighted by atomic mass is 19.4. The lowest BCUT2D eigenvalue weighted by Gasteiger charge is -2.18. The van der Waals surface area contributed by atoms with Crippen LogP contribution in [0, 0.1) is 0 Å². The summed E-state index contributed by atoms with van der Waals surface area (Å²) in [6, 6.07) is 4.18. The van der Waals surface area contributed by atoms with E-state index in [1.807, 2.05) is 0 Å². The molecule has 0 saturated carbocycles. The minimum Gasteiger partial charge on any atom is -0.369 e. The number of carbonyl (C=O) groups excluding carboxylic acids is 2. The summed E-state index contributed by atoms with van der Waals surface area (Å²) in [7, 11) is 0. The first kappa shape index (κ1) is 20.5. The van der Waals surface area contributed by atoms with Gasteiger partial charge in [-0.05, 0) is 23.8 Å². The molecule has 0 radical (unpaired) electrons. The van der Waals surface area contributed by atoms with E-state index in [4.69, 9.17) is 10.5 Å². The van der Waals surface area contributed by atoms with E-state index in [9.17, 15) is 22.8 Å². The van der Waals surface area contributed by atoms with E-state index in [2.05, 4.69) is 16.9 Å². The molecule has 8 nitrogen and oxygen atoms in total. The maximum Gasteiger partial charge on any atom is 0.416 e. The zero-order valence-corrected chi connectivity index (χ0v) is 15.2. The number of hydrogen-bond acceptors (Lipinski definition) is 5. The molecule has 0 unspecified atom stereocenters. The summed E-state index contributed by atoms with van der Waals surface area (Å²) in [5.41, 5.74) is 4.96. The smallest absolute Gasteiger partial charge is 0.369 e. The molecule has 29 heavy (non-hydrogen) atoms. The standard InChI is InChI=1S/C18H18F3N5O3/c1-2-16(27)25-8-14(26-7-13(17(22)28)23-24-26)15(9-25)29-10-11-3-5-12(6-4-11)18(19,20)21/h2-7,14-15H,1,8-10H2,(H2,22,28)/t14-,15-/m1/s1. The van der Waals surface area contributed by atoms with Crippen molar-refractivity contribution in [3.63, 3.8) is 0 Å². The molecular formula is C18H18F3N5O3. The van der Waals surface area contributed by atoms with Crippen molar-refractivity contribution >= 4 is 11.8 Å². The number of nitrogens with zero attached hydrogens (tertiary/aromatic N) is 4. The van der Waals surface area contributed by atoms with Crippen LogP contribution in [0.25, 0.3) is 0 Å². The first-order valence-corrected chi connectivity index (χ1v) is 8.59. The van der Waals surface area contributed by atoms with Crippen LogP contribution >= 0.6 is 0 Å². The van der Waals surface area contributed by atoms with Crippen molar-refractivity contribution in [3.05, 3.63) is 59.9 Å². The summed E-state index contributed by atoms with van der Waals surface area (Å²) >= 11 is 0. The van der Waals surface area contributed by atoms with Gasteiger partial charge >= 0.3 is 6.18 Å². The lowest BCUT2D eigenvalue weighted by Crippen LogP contribution is -2.28. The van der Waals surface area contributed by atoms with Gasteiger partial charge in [0.2, 0.25) is 5.91 Å². The maximum absolute atomic E-state index is 12.7. The molecule has 154 valence electrons. The second-order valence-corrected chi connectivity index (χ2v) is 6.51. The lowest BCUT2D eigenvalue weighted by molar-refractivity contribution is -0.137. The van der Waals surface area contributed by atoms with Crippen molar-refractivity contribution in [1.82, 2.24) is 19.9 Å². The van der Waals surface area contributed by atoms with Crippen LogP contribution < -0.4 is 5.73 Å². The van der Waals surface area contributed by atoms with Gasteiger partial charge in [-0.25, -0.2) is 4.68 Å². The number of primary amides is 1. The Morgan fingerprint density at radius 1 is 1.28 bits per heavy atom. The van der Waals surface area contributed by atoms with Gasteiger partial charge in [0.05, 0.1) is 30.5 Å². The number of carbonyl (C=O) groups is 2. The van der Waals surface area contributed by atoms with Crippen molar-refractivity contribution in [3.8, 4) is 0 Å². The van der Waals surface area contributed by atoms with E-state index in [1.165, 1.54) is 34.0 Å². The minimum absolute atomic E-state index is 0.0278. The van der Waals surface area contributed by atoms with Crippen LogP contribution in [0.5, 0.6) is 0 Å². The summed E-state index contributed by atoms with van der Waals surface area (Å²) in [6.45, 7) is 3.96. The number of benzene rings is 1. The van der Waals surface area contributed by atoms with E-state index in [1.54, 1.807) is 0 Å². The Hall–Kier alpha value is -3.21. The third-order valence-corrected chi connectivity index (χ3v) is 4.57. The van der Waals surface area contributed by atoms with Gasteiger partial charge in [-0.1, -0.05) is 23.9 Å². The zero-order valence-electron chi connectivity index (χ0n) is 15.2. The molecular weight excluding hydrogens is 391 g/mol. The van der Waals surface area contributed by atoms with Crippen LogP contribution in [0.3, 0.4) is 0 Å². The number of rotatable bonds is 6. The third kappa shape index (κ3) is 4.62. The molecule has 2 atom stereocenters. The minimum atomic E-state index is -4.41. The molecule has 2 N–H and O–H groups in total. The number of alkyl halides is 3. The van der Waals surface area contributed by atoms with Gasteiger partial charge in [0, 0.05) is 13.1 Å². The number of aromatic nitrogens is 3. The average Bonchev–Trinajstić information content (AvgIpc) is 3.32. The van der Waals surface area contributed by atoms with Crippen LogP contribution in [0.2, 0.25) is 0 Å². The average molecular weight is 409 g/mol. The van der Waals surface area contributed by atoms with Crippen molar-refractivity contribution in [2.75, 3.05) is 13.1 Å². The molecule has 2 amide bonds. The molecule has 1 aliphatic rings. The van der Waals surface area contributed by atoms with Crippen molar-refractivity contribution in [2.45, 2.75) is 24.9 Å². The molecule has 0 bridgehead atoms. The van der Waals surface area contributed by atoms with Gasteiger partial charge < -0.3 is 15.4 Å². The van der Waals surface area contributed by atoms with E-state index in [0.29, 0.717) is 5.56 Å². The van der Waals surface area contributed by atoms with Gasteiger partial charge in [-0.15, -0.1) is 5.10 Å². The Kier molecular flexibility index (Phi) is 5.69. The number of hydrogen-bond donors (Lipinski definition) is 1. The fraction of sp³-hybridized carbons (Fsp3) is 0.333. The Labute approximate surface area is 163 Å². The number of ether oxygens (including phenoxy) is 1. The second kappa shape index (κ2) is 8.03. The van der Waals surface area contributed by atoms with Crippen molar-refractivity contribution < 1.29 is 27.5 Å². The number of amides is 2. The molecule has 1 fully saturated rings. The molecule has 1 saturated heterocycles. The zero-order chi connectivity index (χ0) is 21.2. The summed E-state index contributed by atoms with van der Waals surface area (Å²) in [5.74, 6) is -1.04.